The van der Waals surface area contributed by atoms with Gasteiger partial charge in [-0.1, -0.05) is 64.7 Å². The highest BCUT2D eigenvalue weighted by atomic mass is 28.4. The quantitative estimate of drug-likeness (QED) is 0.355. The molecule has 1 fully saturated rings. The molecular formula is C24H44O2Si. The second-order valence-electron chi connectivity index (χ2n) is 10.7. The molecule has 1 unspecified atom stereocenters. The summed E-state index contributed by atoms with van der Waals surface area (Å²) >= 11 is 0. The third kappa shape index (κ3) is 5.36. The van der Waals surface area contributed by atoms with Crippen molar-refractivity contribution >= 4 is 8.32 Å². The second kappa shape index (κ2) is 8.96. The van der Waals surface area contributed by atoms with Gasteiger partial charge in [-0.25, -0.2) is 0 Å². The molecule has 3 atom stereocenters. The zero-order chi connectivity index (χ0) is 20.3. The Labute approximate surface area is 169 Å². The number of hydrogen-bond acceptors (Lipinski definition) is 2. The van der Waals surface area contributed by atoms with Crippen molar-refractivity contribution < 1.29 is 9.53 Å². The minimum atomic E-state index is -1.78. The molecule has 1 N–H and O–H groups in total. The lowest BCUT2D eigenvalue weighted by molar-refractivity contribution is 0.0691. The number of hydrogen-bond donors (Lipinski definition) is 1. The summed E-state index contributed by atoms with van der Waals surface area (Å²) in [5.41, 5.74) is 1.30. The van der Waals surface area contributed by atoms with Gasteiger partial charge < -0.3 is 9.53 Å². The van der Waals surface area contributed by atoms with Gasteiger partial charge in [-0.15, -0.1) is 6.58 Å². The van der Waals surface area contributed by atoms with Crippen molar-refractivity contribution in [3.63, 3.8) is 0 Å². The summed E-state index contributed by atoms with van der Waals surface area (Å²) in [6, 6.07) is 0. The van der Waals surface area contributed by atoms with Crippen LogP contribution in [0.1, 0.15) is 85.5 Å². The van der Waals surface area contributed by atoms with Crippen LogP contribution in [0.15, 0.2) is 24.3 Å². The average Bonchev–Trinajstić information content (AvgIpc) is 2.86. The van der Waals surface area contributed by atoms with Crippen LogP contribution < -0.4 is 0 Å². The Bertz CT molecular complexity index is 525. The smallest absolute Gasteiger partial charge is 0.192 e. The fourth-order valence-corrected chi connectivity index (χ4v) is 6.09. The highest BCUT2D eigenvalue weighted by Crippen LogP contribution is 2.46. The second-order valence-corrected chi connectivity index (χ2v) is 15.5. The molecule has 0 bridgehead atoms. The van der Waals surface area contributed by atoms with E-state index in [1.807, 2.05) is 6.08 Å². The Kier molecular flexibility index (Phi) is 7.60. The van der Waals surface area contributed by atoms with Crippen molar-refractivity contribution in [2.75, 3.05) is 0 Å². The number of aliphatic hydroxyl groups is 1. The van der Waals surface area contributed by atoms with Gasteiger partial charge in [0.05, 0.1) is 6.10 Å². The first-order valence-electron chi connectivity index (χ1n) is 11.2. The van der Waals surface area contributed by atoms with Gasteiger partial charge in [0.1, 0.15) is 0 Å². The lowest BCUT2D eigenvalue weighted by atomic mass is 9.75. The Balaban J connectivity index is 2.11. The van der Waals surface area contributed by atoms with Crippen LogP contribution in [0.25, 0.3) is 0 Å². The predicted octanol–water partition coefficient (Wildman–Crippen LogP) is 7.01. The minimum Gasteiger partial charge on any atom is -0.414 e. The van der Waals surface area contributed by atoms with E-state index in [9.17, 15) is 5.11 Å². The largest absolute Gasteiger partial charge is 0.414 e. The molecule has 0 aromatic heterocycles. The van der Waals surface area contributed by atoms with Crippen LogP contribution in [0.5, 0.6) is 0 Å². The van der Waals surface area contributed by atoms with Gasteiger partial charge in [0.2, 0.25) is 0 Å². The van der Waals surface area contributed by atoms with Crippen LogP contribution in [0, 0.1) is 11.3 Å². The van der Waals surface area contributed by atoms with Crippen LogP contribution in [-0.2, 0) is 4.43 Å². The van der Waals surface area contributed by atoms with E-state index < -0.39 is 8.32 Å². The highest BCUT2D eigenvalue weighted by Gasteiger charge is 2.42. The third-order valence-corrected chi connectivity index (χ3v) is 12.3. The maximum absolute atomic E-state index is 10.5. The summed E-state index contributed by atoms with van der Waals surface area (Å²) in [5.74, 6) is 0.713. The van der Waals surface area contributed by atoms with Gasteiger partial charge in [-0.3, -0.25) is 0 Å². The maximum atomic E-state index is 10.5. The van der Waals surface area contributed by atoms with Gasteiger partial charge in [0, 0.05) is 11.5 Å². The van der Waals surface area contributed by atoms with E-state index in [4.69, 9.17) is 4.43 Å². The highest BCUT2D eigenvalue weighted by molar-refractivity contribution is 6.74. The molecule has 2 aliphatic rings. The number of aliphatic hydroxyl groups excluding tert-OH is 1. The van der Waals surface area contributed by atoms with Gasteiger partial charge in [-0.2, -0.15) is 0 Å². The van der Waals surface area contributed by atoms with Crippen LogP contribution in [0.2, 0.25) is 18.1 Å². The van der Waals surface area contributed by atoms with Crippen molar-refractivity contribution in [1.82, 2.24) is 0 Å². The number of rotatable bonds is 8. The fourth-order valence-electron chi connectivity index (χ4n) is 4.67. The molecule has 0 amide bonds. The van der Waals surface area contributed by atoms with E-state index in [-0.39, 0.29) is 16.6 Å². The summed E-state index contributed by atoms with van der Waals surface area (Å²) in [4.78, 5) is 0. The first-order valence-corrected chi connectivity index (χ1v) is 14.1. The van der Waals surface area contributed by atoms with Crippen molar-refractivity contribution in [2.45, 2.75) is 116 Å². The standard InChI is InChI=1S/C24H44O2Si/c1-8-18-24(5)20(15-17-22(24)25)14-16-21(19-12-10-9-11-13-19)26-27(6,7)23(2,3)4/h8,15,19,21-22,25H,1,9-14,16-18H2,2-7H3/t21?,22-,24+/m0/s1. The van der Waals surface area contributed by atoms with Gasteiger partial charge in [0.15, 0.2) is 8.32 Å². The van der Waals surface area contributed by atoms with Crippen molar-refractivity contribution in [3.8, 4) is 0 Å². The normalized spacial score (nSPS) is 28.9. The summed E-state index contributed by atoms with van der Waals surface area (Å²) in [6.45, 7) is 17.9. The molecule has 0 saturated heterocycles. The van der Waals surface area contributed by atoms with E-state index in [0.717, 1.165) is 25.7 Å². The number of allylic oxidation sites excluding steroid dienone is 1. The maximum Gasteiger partial charge on any atom is 0.192 e. The lowest BCUT2D eigenvalue weighted by Gasteiger charge is -2.43. The average molecular weight is 393 g/mol. The molecule has 156 valence electrons. The van der Waals surface area contributed by atoms with E-state index in [0.29, 0.717) is 12.0 Å². The van der Waals surface area contributed by atoms with E-state index >= 15 is 0 Å². The van der Waals surface area contributed by atoms with Crippen LogP contribution >= 0.6 is 0 Å². The zero-order valence-electron chi connectivity index (χ0n) is 18.8. The van der Waals surface area contributed by atoms with Crippen LogP contribution in [0.4, 0.5) is 0 Å². The van der Waals surface area contributed by atoms with Gasteiger partial charge in [-0.05, 0) is 62.6 Å². The Morgan fingerprint density at radius 2 is 1.93 bits per heavy atom. The molecule has 2 aliphatic carbocycles. The van der Waals surface area contributed by atoms with E-state index in [1.54, 1.807) is 0 Å². The third-order valence-electron chi connectivity index (χ3n) is 7.75. The van der Waals surface area contributed by atoms with Crippen molar-refractivity contribution in [1.29, 1.82) is 0 Å². The monoisotopic (exact) mass is 392 g/mol. The predicted molar refractivity (Wildman–Crippen MR) is 120 cm³/mol. The topological polar surface area (TPSA) is 29.5 Å². The summed E-state index contributed by atoms with van der Waals surface area (Å²) in [6.07, 6.45) is 14.9. The summed E-state index contributed by atoms with van der Waals surface area (Å²) < 4.78 is 6.99. The first kappa shape index (κ1) is 22.9. The fraction of sp³-hybridized carbons (Fsp3) is 0.833. The Morgan fingerprint density at radius 3 is 2.48 bits per heavy atom. The Morgan fingerprint density at radius 1 is 1.30 bits per heavy atom. The molecule has 27 heavy (non-hydrogen) atoms. The van der Waals surface area contributed by atoms with Crippen LogP contribution in [0.3, 0.4) is 0 Å². The van der Waals surface area contributed by atoms with Crippen LogP contribution in [-0.4, -0.2) is 25.6 Å². The molecule has 2 nitrogen and oxygen atoms in total. The molecule has 2 rings (SSSR count). The molecule has 1 saturated carbocycles. The molecule has 3 heteroatoms. The van der Waals surface area contributed by atoms with Crippen molar-refractivity contribution in [3.05, 3.63) is 24.3 Å². The zero-order valence-corrected chi connectivity index (χ0v) is 19.8. The lowest BCUT2D eigenvalue weighted by Crippen LogP contribution is -2.46. The molecule has 0 radical (unpaired) electrons. The van der Waals surface area contributed by atoms with E-state index in [2.05, 4.69) is 53.4 Å². The molecule has 0 heterocycles. The van der Waals surface area contributed by atoms with E-state index in [1.165, 1.54) is 37.7 Å². The molecule has 0 aliphatic heterocycles. The van der Waals surface area contributed by atoms with Gasteiger partial charge >= 0.3 is 0 Å². The minimum absolute atomic E-state index is 0.129. The Hall–Kier alpha value is -0.383. The SMILES string of the molecule is C=CC[C@]1(C)C(CCC(O[Si](C)(C)C(C)(C)C)C2CCCCC2)=CC[C@@H]1O. The van der Waals surface area contributed by atoms with Crippen molar-refractivity contribution in [2.24, 2.45) is 11.3 Å². The summed E-state index contributed by atoms with van der Waals surface area (Å²) in [7, 11) is -1.78. The molecule has 0 spiro atoms. The van der Waals surface area contributed by atoms with Gasteiger partial charge in [0.25, 0.3) is 0 Å². The summed E-state index contributed by atoms with van der Waals surface area (Å²) in [5, 5.41) is 10.8. The molecule has 0 aromatic rings. The molecule has 0 aromatic carbocycles. The molecular weight excluding hydrogens is 348 g/mol. The first-order chi connectivity index (χ1) is 12.5.